The van der Waals surface area contributed by atoms with Crippen LogP contribution in [-0.2, 0) is 24.4 Å². The molecule has 1 aliphatic rings. The number of allylic oxidation sites excluding steroid dienone is 5. The van der Waals surface area contributed by atoms with Gasteiger partial charge in [-0.3, -0.25) is 0 Å². The molecule has 0 aromatic rings. The monoisotopic (exact) mass is 391 g/mol. The van der Waals surface area contributed by atoms with E-state index in [1.165, 1.54) is 29.9 Å². The third kappa shape index (κ3) is 3.42. The topological polar surface area (TPSA) is 0 Å². The summed E-state index contributed by atoms with van der Waals surface area (Å²) in [5.74, 6) is 0.556. The molecule has 15 heavy (non-hydrogen) atoms. The van der Waals surface area contributed by atoms with Gasteiger partial charge in [-0.25, -0.2) is 0 Å². The Morgan fingerprint density at radius 3 is 1.73 bits per heavy atom. The molecule has 2 heteroatoms. The first-order valence-electron chi connectivity index (χ1n) is 5.08. The summed E-state index contributed by atoms with van der Waals surface area (Å²) in [5, 5.41) is 0. The van der Waals surface area contributed by atoms with Gasteiger partial charge in [0.25, 0.3) is 0 Å². The Labute approximate surface area is 114 Å². The van der Waals surface area contributed by atoms with Gasteiger partial charge >= 0.3 is 84.5 Å². The summed E-state index contributed by atoms with van der Waals surface area (Å²) in [6, 6.07) is 0. The van der Waals surface area contributed by atoms with E-state index >= 15 is 0 Å². The van der Waals surface area contributed by atoms with Crippen LogP contribution in [0.5, 0.6) is 0 Å². The predicted molar refractivity (Wildman–Crippen MR) is 65.8 cm³/mol. The number of alkyl halides is 1. The first-order chi connectivity index (χ1) is 6.80. The molecule has 0 aromatic carbocycles. The van der Waals surface area contributed by atoms with Gasteiger partial charge in [-0.05, 0) is 0 Å². The second-order valence-corrected chi connectivity index (χ2v) is 6.42. The summed E-state index contributed by atoms with van der Waals surface area (Å²) in [6.45, 7) is 14.8. The maximum atomic E-state index is 5.07. The van der Waals surface area contributed by atoms with E-state index in [2.05, 4.69) is 41.2 Å². The molecule has 0 radical (unpaired) electrons. The first kappa shape index (κ1) is 15.4. The standard InChI is InChI=1S/C10H15.C3H5Cl.Hf/c1-7-6-10(4,5)9(3)8(7)2;1-2-3-4;/h1-5H3;2H,1,3H2;. The van der Waals surface area contributed by atoms with Crippen LogP contribution >= 0.6 is 11.6 Å². The fourth-order valence-corrected chi connectivity index (χ4v) is 2.94. The third-order valence-corrected chi connectivity index (χ3v) is 6.98. The molecule has 0 nitrogen and oxygen atoms in total. The first-order valence-corrected chi connectivity index (χ1v) is 7.41. The van der Waals surface area contributed by atoms with Gasteiger partial charge < -0.3 is 0 Å². The average Bonchev–Trinajstić information content (AvgIpc) is 2.35. The molecule has 1 rings (SSSR count). The summed E-state index contributed by atoms with van der Waals surface area (Å²) in [7, 11) is 0. The van der Waals surface area contributed by atoms with Crippen molar-refractivity contribution in [3.05, 3.63) is 32.7 Å². The quantitative estimate of drug-likeness (QED) is 0.349. The van der Waals surface area contributed by atoms with E-state index in [4.69, 9.17) is 11.6 Å². The molecule has 0 atom stereocenters. The fourth-order valence-electron chi connectivity index (χ4n) is 1.59. The van der Waals surface area contributed by atoms with Crippen molar-refractivity contribution in [2.45, 2.75) is 34.6 Å². The normalized spacial score (nSPS) is 18.7. The number of hydrogen-bond acceptors (Lipinski definition) is 0. The molecule has 0 aliphatic heterocycles. The Morgan fingerprint density at radius 1 is 1.27 bits per heavy atom. The number of hydrogen-bond donors (Lipinski definition) is 0. The Bertz CT molecular complexity index is 282. The zero-order valence-corrected chi connectivity index (χ0v) is 14.7. The molecule has 0 N–H and O–H groups in total. The molecular formula is C13H20ClHf. The van der Waals surface area contributed by atoms with Crippen LogP contribution in [0.2, 0.25) is 0 Å². The number of halogens is 1. The van der Waals surface area contributed by atoms with Crippen LogP contribution in [0.15, 0.2) is 32.7 Å². The van der Waals surface area contributed by atoms with E-state index in [9.17, 15) is 0 Å². The third-order valence-electron chi connectivity index (χ3n) is 3.17. The fraction of sp³-hybridized carbons (Fsp3) is 0.538. The second-order valence-electron chi connectivity index (χ2n) is 4.32. The van der Waals surface area contributed by atoms with Gasteiger partial charge in [-0.2, -0.15) is 0 Å². The van der Waals surface area contributed by atoms with Crippen LogP contribution in [-0.4, -0.2) is 5.88 Å². The van der Waals surface area contributed by atoms with Crippen LogP contribution in [0, 0.1) is 5.41 Å². The zero-order valence-electron chi connectivity index (χ0n) is 10.4. The molecule has 0 amide bonds. The molecule has 0 bridgehead atoms. The maximum absolute atomic E-state index is 5.07. The summed E-state index contributed by atoms with van der Waals surface area (Å²) >= 11 is 6.28. The van der Waals surface area contributed by atoms with E-state index in [-0.39, 0.29) is 0 Å². The summed E-state index contributed by atoms with van der Waals surface area (Å²) < 4.78 is 1.67. The van der Waals surface area contributed by atoms with Gasteiger partial charge in [0.05, 0.1) is 0 Å². The molecule has 1 aliphatic carbocycles. The molecular weight excluding hydrogens is 370 g/mol. The van der Waals surface area contributed by atoms with E-state index in [1.807, 2.05) is 0 Å². The van der Waals surface area contributed by atoms with Crippen molar-refractivity contribution < 1.29 is 24.4 Å². The van der Waals surface area contributed by atoms with Crippen molar-refractivity contribution in [3.63, 3.8) is 0 Å². The average molecular weight is 390 g/mol. The van der Waals surface area contributed by atoms with Crippen molar-refractivity contribution in [1.29, 1.82) is 0 Å². The predicted octanol–water partition coefficient (Wildman–Crippen LogP) is 4.59. The Morgan fingerprint density at radius 2 is 1.67 bits per heavy atom. The van der Waals surface area contributed by atoms with E-state index in [0.717, 1.165) is 0 Å². The summed E-state index contributed by atoms with van der Waals surface area (Å²) in [6.07, 6.45) is 1.64. The zero-order chi connectivity index (χ0) is 12.2. The second kappa shape index (κ2) is 6.20. The molecule has 0 saturated carbocycles. The summed E-state index contributed by atoms with van der Waals surface area (Å²) in [5.41, 5.74) is 5.03. The van der Waals surface area contributed by atoms with E-state index in [1.54, 1.807) is 20.6 Å². The molecule has 0 spiro atoms. The van der Waals surface area contributed by atoms with Crippen molar-refractivity contribution in [2.24, 2.45) is 5.41 Å². The van der Waals surface area contributed by atoms with Crippen molar-refractivity contribution in [2.75, 3.05) is 5.88 Å². The molecule has 0 heterocycles. The van der Waals surface area contributed by atoms with Gasteiger partial charge in [-0.15, -0.1) is 18.2 Å². The van der Waals surface area contributed by atoms with Gasteiger partial charge in [0.15, 0.2) is 0 Å². The van der Waals surface area contributed by atoms with Crippen LogP contribution in [0.4, 0.5) is 0 Å². The van der Waals surface area contributed by atoms with E-state index < -0.39 is 0 Å². The number of rotatable bonds is 1. The van der Waals surface area contributed by atoms with Crippen molar-refractivity contribution in [3.8, 4) is 0 Å². The van der Waals surface area contributed by atoms with Crippen LogP contribution in [0.25, 0.3) is 0 Å². The van der Waals surface area contributed by atoms with Crippen LogP contribution in [0.1, 0.15) is 34.6 Å². The Hall–Kier alpha value is 0.380. The van der Waals surface area contributed by atoms with Crippen molar-refractivity contribution >= 4 is 11.6 Å². The Kier molecular flexibility index (Phi) is 6.36. The minimum atomic E-state index is 0.375. The van der Waals surface area contributed by atoms with Crippen LogP contribution in [0.3, 0.4) is 0 Å². The van der Waals surface area contributed by atoms with Gasteiger partial charge in [0.1, 0.15) is 0 Å². The minimum absolute atomic E-state index is 0.375. The molecule has 83 valence electrons. The van der Waals surface area contributed by atoms with Gasteiger partial charge in [-0.1, -0.05) is 6.08 Å². The molecule has 0 unspecified atom stereocenters. The molecule has 0 fully saturated rings. The van der Waals surface area contributed by atoms with Gasteiger partial charge in [0, 0.05) is 5.88 Å². The Balaban J connectivity index is 0.000000423. The SMILES string of the molecule is C=CCCl.CC1=C(C)C(C)(C)[C]([Hf])=C1C. The summed E-state index contributed by atoms with van der Waals surface area (Å²) in [4.78, 5) is 0. The van der Waals surface area contributed by atoms with Crippen LogP contribution < -0.4 is 0 Å². The molecule has 0 aromatic heterocycles. The van der Waals surface area contributed by atoms with Crippen molar-refractivity contribution in [1.82, 2.24) is 0 Å². The van der Waals surface area contributed by atoms with E-state index in [0.29, 0.717) is 11.3 Å². The molecule has 0 saturated heterocycles. The van der Waals surface area contributed by atoms with Gasteiger partial charge in [0.2, 0.25) is 0 Å².